The van der Waals surface area contributed by atoms with Gasteiger partial charge in [0.25, 0.3) is 0 Å². The number of benzene rings is 1. The van der Waals surface area contributed by atoms with Gasteiger partial charge in [-0.2, -0.15) is 4.31 Å². The van der Waals surface area contributed by atoms with Crippen LogP contribution in [0.4, 0.5) is 25.8 Å². The largest absolute Gasteiger partial charge is 0.338 e. The van der Waals surface area contributed by atoms with Crippen molar-refractivity contribution < 1.29 is 17.6 Å². The van der Waals surface area contributed by atoms with E-state index in [1.165, 1.54) is 17.4 Å². The normalized spacial score (nSPS) is 15.1. The Hall–Kier alpha value is -2.58. The predicted molar refractivity (Wildman–Crippen MR) is 146 cm³/mol. The second kappa shape index (κ2) is 11.9. The number of fused-ring (bicyclic) bond motifs is 1. The molecule has 0 spiro atoms. The summed E-state index contributed by atoms with van der Waals surface area (Å²) in [6.45, 7) is 5.28. The predicted octanol–water partition coefficient (Wildman–Crippen LogP) is 3.73. The summed E-state index contributed by atoms with van der Waals surface area (Å²) in [4.78, 5) is 25.7. The molecule has 0 aliphatic carbocycles. The van der Waals surface area contributed by atoms with Gasteiger partial charge in [-0.1, -0.05) is 22.9 Å². The molecule has 2 amide bonds. The maximum atomic E-state index is 14.3. The number of nitrogens with zero attached hydrogens (tertiary/aromatic N) is 5. The first-order valence-corrected chi connectivity index (χ1v) is 14.7. The van der Waals surface area contributed by atoms with Crippen LogP contribution in [0.5, 0.6) is 0 Å². The topological polar surface area (TPSA) is 111 Å². The molecule has 4 rings (SSSR count). The average molecular weight is 570 g/mol. The van der Waals surface area contributed by atoms with E-state index in [1.807, 2.05) is 0 Å². The number of sulfonamides is 1. The first-order chi connectivity index (χ1) is 17.7. The Morgan fingerprint density at radius 2 is 1.95 bits per heavy atom. The highest BCUT2D eigenvalue weighted by Gasteiger charge is 2.25. The number of pyridine rings is 1. The molecule has 3 aromatic rings. The lowest BCUT2D eigenvalue weighted by Gasteiger charge is -2.33. The Morgan fingerprint density at radius 1 is 1.19 bits per heavy atom. The van der Waals surface area contributed by atoms with Crippen LogP contribution in [0.15, 0.2) is 30.3 Å². The molecule has 3 heterocycles. The first kappa shape index (κ1) is 27.5. The van der Waals surface area contributed by atoms with E-state index in [0.717, 1.165) is 13.0 Å². The minimum Gasteiger partial charge on any atom is -0.338 e. The van der Waals surface area contributed by atoms with Gasteiger partial charge < -0.3 is 15.1 Å². The number of carbonyl (C=O) groups excluding carboxylic acids is 1. The molecule has 200 valence electrons. The number of piperazine rings is 1. The van der Waals surface area contributed by atoms with Crippen LogP contribution in [0.25, 0.3) is 10.3 Å². The van der Waals surface area contributed by atoms with Crippen molar-refractivity contribution in [1.29, 1.82) is 0 Å². The standard InChI is InChI=1S/C23H29ClFN7O3S2/c1-3-37(34,35)32-13-11-31(12-14-32)10-4-9-26-22(33)29-23-27-18-6-8-20(28-21(18)36-23)30(2)19-7-5-16(24)15-17(19)25/h5-8,15H,3-4,9-14H2,1-2H3,(H2,26,27,29,33). The Morgan fingerprint density at radius 3 is 2.65 bits per heavy atom. The molecule has 2 aromatic heterocycles. The number of nitrogens with one attached hydrogen (secondary N) is 2. The zero-order chi connectivity index (χ0) is 26.6. The molecule has 10 nitrogen and oxygen atoms in total. The van der Waals surface area contributed by atoms with Gasteiger partial charge in [0.15, 0.2) is 5.13 Å². The summed E-state index contributed by atoms with van der Waals surface area (Å²) in [6.07, 6.45) is 0.742. The molecule has 1 saturated heterocycles. The van der Waals surface area contributed by atoms with Gasteiger partial charge in [0.1, 0.15) is 22.0 Å². The maximum absolute atomic E-state index is 14.3. The van der Waals surface area contributed by atoms with Crippen molar-refractivity contribution in [3.8, 4) is 0 Å². The number of rotatable bonds is 9. The van der Waals surface area contributed by atoms with E-state index in [9.17, 15) is 17.6 Å². The van der Waals surface area contributed by atoms with Gasteiger partial charge in [0, 0.05) is 44.8 Å². The second-order valence-electron chi connectivity index (χ2n) is 8.54. The number of amides is 2. The quantitative estimate of drug-likeness (QED) is 0.378. The van der Waals surface area contributed by atoms with Gasteiger partial charge in [-0.15, -0.1) is 0 Å². The van der Waals surface area contributed by atoms with Crippen LogP contribution < -0.4 is 15.5 Å². The van der Waals surface area contributed by atoms with Crippen LogP contribution >= 0.6 is 22.9 Å². The van der Waals surface area contributed by atoms with E-state index in [1.54, 1.807) is 47.4 Å². The number of aromatic nitrogens is 2. The van der Waals surface area contributed by atoms with Crippen molar-refractivity contribution in [3.05, 3.63) is 41.2 Å². The molecule has 1 aromatic carbocycles. The monoisotopic (exact) mass is 569 g/mol. The summed E-state index contributed by atoms with van der Waals surface area (Å²) in [5.41, 5.74) is 0.963. The van der Waals surface area contributed by atoms with E-state index in [-0.39, 0.29) is 11.8 Å². The first-order valence-electron chi connectivity index (χ1n) is 11.9. The van der Waals surface area contributed by atoms with Gasteiger partial charge in [-0.25, -0.2) is 27.6 Å². The zero-order valence-electron chi connectivity index (χ0n) is 20.6. The van der Waals surface area contributed by atoms with Crippen LogP contribution in [-0.2, 0) is 10.0 Å². The van der Waals surface area contributed by atoms with Crippen molar-refractivity contribution in [3.63, 3.8) is 0 Å². The molecule has 0 radical (unpaired) electrons. The van der Waals surface area contributed by atoms with Crippen LogP contribution in [-0.4, -0.2) is 85.7 Å². The molecule has 0 bridgehead atoms. The smallest absolute Gasteiger partial charge is 0.321 e. The minimum atomic E-state index is -3.13. The van der Waals surface area contributed by atoms with Crippen LogP contribution in [0.2, 0.25) is 5.02 Å². The molecule has 14 heteroatoms. The fourth-order valence-corrected chi connectivity index (χ4v) is 6.06. The number of halogens is 2. The van der Waals surface area contributed by atoms with E-state index < -0.39 is 15.8 Å². The molecule has 1 aliphatic heterocycles. The van der Waals surface area contributed by atoms with Crippen molar-refractivity contribution >= 4 is 66.0 Å². The molecule has 0 saturated carbocycles. The summed E-state index contributed by atoms with van der Waals surface area (Å²) in [7, 11) is -1.42. The average Bonchev–Trinajstić information content (AvgIpc) is 3.28. The lowest BCUT2D eigenvalue weighted by molar-refractivity contribution is 0.186. The van der Waals surface area contributed by atoms with Gasteiger partial charge in [0.2, 0.25) is 10.0 Å². The van der Waals surface area contributed by atoms with Crippen molar-refractivity contribution in [2.24, 2.45) is 0 Å². The third-order valence-electron chi connectivity index (χ3n) is 6.10. The summed E-state index contributed by atoms with van der Waals surface area (Å²) in [5, 5.41) is 6.28. The lowest BCUT2D eigenvalue weighted by atomic mass is 10.2. The molecule has 37 heavy (non-hydrogen) atoms. The number of hydrogen-bond acceptors (Lipinski definition) is 8. The van der Waals surface area contributed by atoms with Gasteiger partial charge in [-0.05, 0) is 50.2 Å². The van der Waals surface area contributed by atoms with Crippen LogP contribution in [0.3, 0.4) is 0 Å². The Kier molecular flexibility index (Phi) is 8.80. The SMILES string of the molecule is CCS(=O)(=O)N1CCN(CCCNC(=O)Nc2nc3ccc(N(C)c4ccc(Cl)cc4F)nc3s2)CC1. The highest BCUT2D eigenvalue weighted by Crippen LogP contribution is 2.31. The van der Waals surface area contributed by atoms with E-state index in [4.69, 9.17) is 11.6 Å². The number of carbonyl (C=O) groups is 1. The summed E-state index contributed by atoms with van der Waals surface area (Å²) in [6, 6.07) is 7.59. The van der Waals surface area contributed by atoms with E-state index >= 15 is 0 Å². The lowest BCUT2D eigenvalue weighted by Crippen LogP contribution is -2.49. The Bertz CT molecular complexity index is 1360. The summed E-state index contributed by atoms with van der Waals surface area (Å²) in [5.74, 6) is 0.201. The fraction of sp³-hybridized carbons (Fsp3) is 0.435. The molecular weight excluding hydrogens is 541 g/mol. The molecule has 0 atom stereocenters. The number of thiazole rings is 1. The molecular formula is C23H29ClFN7O3S2. The van der Waals surface area contributed by atoms with Gasteiger partial charge in [0.05, 0.1) is 11.4 Å². The van der Waals surface area contributed by atoms with Crippen molar-refractivity contribution in [1.82, 2.24) is 24.5 Å². The molecule has 1 fully saturated rings. The second-order valence-corrected chi connectivity index (χ2v) is 12.2. The van der Waals surface area contributed by atoms with E-state index in [0.29, 0.717) is 64.7 Å². The Balaban J connectivity index is 1.25. The van der Waals surface area contributed by atoms with E-state index in [2.05, 4.69) is 25.5 Å². The maximum Gasteiger partial charge on any atom is 0.321 e. The highest BCUT2D eigenvalue weighted by atomic mass is 35.5. The fourth-order valence-electron chi connectivity index (χ4n) is 3.98. The number of urea groups is 1. The Labute approximate surface area is 224 Å². The van der Waals surface area contributed by atoms with Crippen molar-refractivity contribution in [2.45, 2.75) is 13.3 Å². The summed E-state index contributed by atoms with van der Waals surface area (Å²) < 4.78 is 39.8. The highest BCUT2D eigenvalue weighted by molar-refractivity contribution is 7.89. The number of hydrogen-bond donors (Lipinski definition) is 2. The van der Waals surface area contributed by atoms with Gasteiger partial charge in [-0.3, -0.25) is 5.32 Å². The third kappa shape index (κ3) is 6.85. The zero-order valence-corrected chi connectivity index (χ0v) is 23.0. The van der Waals surface area contributed by atoms with Crippen LogP contribution in [0, 0.1) is 5.82 Å². The minimum absolute atomic E-state index is 0.123. The third-order valence-corrected chi connectivity index (χ3v) is 9.10. The molecule has 1 aliphatic rings. The number of anilines is 3. The summed E-state index contributed by atoms with van der Waals surface area (Å²) >= 11 is 7.07. The van der Waals surface area contributed by atoms with Crippen LogP contribution in [0.1, 0.15) is 13.3 Å². The molecule has 0 unspecified atom stereocenters. The van der Waals surface area contributed by atoms with Gasteiger partial charge >= 0.3 is 6.03 Å². The molecule has 2 N–H and O–H groups in total. The van der Waals surface area contributed by atoms with Crippen molar-refractivity contribution in [2.75, 3.05) is 62.3 Å².